The highest BCUT2D eigenvalue weighted by atomic mass is 16.2. The van der Waals surface area contributed by atoms with Crippen molar-refractivity contribution in [3.63, 3.8) is 0 Å². The minimum absolute atomic E-state index is 0.124. The largest absolute Gasteiger partial charge is 0.351 e. The summed E-state index contributed by atoms with van der Waals surface area (Å²) in [5, 5.41) is 15.7. The number of aryl methyl sites for hydroxylation is 1. The van der Waals surface area contributed by atoms with Crippen LogP contribution < -0.4 is 21.3 Å². The Balaban J connectivity index is 1.53. The van der Waals surface area contributed by atoms with Crippen molar-refractivity contribution in [2.24, 2.45) is 0 Å². The summed E-state index contributed by atoms with van der Waals surface area (Å²) in [5.41, 5.74) is 3.04. The molecule has 3 amide bonds. The second-order valence-electron chi connectivity index (χ2n) is 7.66. The second kappa shape index (κ2) is 7.35. The molecule has 1 aliphatic carbocycles. The van der Waals surface area contributed by atoms with Gasteiger partial charge in [0.2, 0.25) is 11.9 Å². The molecule has 31 heavy (non-hydrogen) atoms. The third kappa shape index (κ3) is 3.89. The molecular formula is C20H21N9O2. The summed E-state index contributed by atoms with van der Waals surface area (Å²) in [6.45, 7) is 3.93. The van der Waals surface area contributed by atoms with Crippen LogP contribution in [0.25, 0.3) is 11.7 Å². The van der Waals surface area contributed by atoms with E-state index in [0.29, 0.717) is 29.1 Å². The molecular weight excluding hydrogens is 398 g/mol. The number of nitrogens with zero attached hydrogens (tertiary/aromatic N) is 5. The second-order valence-corrected chi connectivity index (χ2v) is 7.66. The van der Waals surface area contributed by atoms with Crippen molar-refractivity contribution in [3.8, 4) is 0 Å². The molecule has 0 aromatic carbocycles. The van der Waals surface area contributed by atoms with Crippen LogP contribution >= 0.6 is 0 Å². The van der Waals surface area contributed by atoms with Crippen LogP contribution in [0.15, 0.2) is 30.1 Å². The van der Waals surface area contributed by atoms with Crippen molar-refractivity contribution in [2.45, 2.75) is 38.8 Å². The zero-order valence-corrected chi connectivity index (χ0v) is 17.0. The third-order valence-corrected chi connectivity index (χ3v) is 5.02. The van der Waals surface area contributed by atoms with E-state index in [4.69, 9.17) is 0 Å². The summed E-state index contributed by atoms with van der Waals surface area (Å²) >= 11 is 0. The molecule has 11 heteroatoms. The lowest BCUT2D eigenvalue weighted by Gasteiger charge is -2.15. The first-order valence-electron chi connectivity index (χ1n) is 10.0. The summed E-state index contributed by atoms with van der Waals surface area (Å²) in [6.07, 6.45) is 5.28. The quantitative estimate of drug-likeness (QED) is 0.350. The molecule has 2 aliphatic rings. The Morgan fingerprint density at radius 2 is 2.03 bits per heavy atom. The fourth-order valence-corrected chi connectivity index (χ4v) is 3.28. The summed E-state index contributed by atoms with van der Waals surface area (Å²) in [7, 11) is 0. The lowest BCUT2D eigenvalue weighted by Crippen LogP contribution is -2.22. The van der Waals surface area contributed by atoms with E-state index >= 15 is 0 Å². The highest BCUT2D eigenvalue weighted by Gasteiger charge is 2.26. The van der Waals surface area contributed by atoms with Crippen molar-refractivity contribution in [1.82, 2.24) is 35.2 Å². The highest BCUT2D eigenvalue weighted by Crippen LogP contribution is 2.26. The van der Waals surface area contributed by atoms with Gasteiger partial charge in [0, 0.05) is 17.3 Å². The maximum absolute atomic E-state index is 11.9. The molecule has 4 N–H and O–H groups in total. The van der Waals surface area contributed by atoms with Crippen molar-refractivity contribution in [2.75, 3.05) is 10.6 Å². The van der Waals surface area contributed by atoms with E-state index in [0.717, 1.165) is 24.2 Å². The number of anilines is 2. The average molecular weight is 419 g/mol. The molecule has 11 nitrogen and oxygen atoms in total. The van der Waals surface area contributed by atoms with Crippen molar-refractivity contribution < 1.29 is 9.59 Å². The first kappa shape index (κ1) is 19.0. The summed E-state index contributed by atoms with van der Waals surface area (Å²) in [6, 6.07) is 5.53. The van der Waals surface area contributed by atoms with Crippen LogP contribution in [-0.2, 0) is 4.79 Å². The number of pyridine rings is 1. The fraction of sp³-hybridized carbons (Fsp3) is 0.300. The normalized spacial score (nSPS) is 18.2. The zero-order valence-electron chi connectivity index (χ0n) is 17.0. The molecule has 1 aliphatic heterocycles. The predicted octanol–water partition coefficient (Wildman–Crippen LogP) is 1.76. The van der Waals surface area contributed by atoms with E-state index in [2.05, 4.69) is 41.3 Å². The Kier molecular flexibility index (Phi) is 4.50. The molecule has 5 rings (SSSR count). The minimum atomic E-state index is -0.555. The number of amides is 3. The van der Waals surface area contributed by atoms with E-state index in [9.17, 15) is 9.59 Å². The number of nitrogens with one attached hydrogen (secondary N) is 4. The molecule has 0 radical (unpaired) electrons. The monoisotopic (exact) mass is 419 g/mol. The number of aromatic nitrogens is 5. The maximum Gasteiger partial charge on any atom is 0.326 e. The van der Waals surface area contributed by atoms with Crippen molar-refractivity contribution in [1.29, 1.82) is 0 Å². The van der Waals surface area contributed by atoms with Crippen LogP contribution in [0.4, 0.5) is 16.7 Å². The first-order chi connectivity index (χ1) is 15.0. The van der Waals surface area contributed by atoms with E-state index in [1.807, 2.05) is 32.0 Å². The number of carbonyl (C=O) groups is 2. The molecule has 3 aromatic rings. The molecule has 158 valence electrons. The maximum atomic E-state index is 11.9. The van der Waals surface area contributed by atoms with Crippen molar-refractivity contribution >= 4 is 35.6 Å². The van der Waals surface area contributed by atoms with Crippen LogP contribution in [0.1, 0.15) is 42.8 Å². The Hall–Kier alpha value is -4.02. The minimum Gasteiger partial charge on any atom is -0.351 e. The Morgan fingerprint density at radius 1 is 1.19 bits per heavy atom. The molecule has 1 unspecified atom stereocenters. The number of fused-ring (bicyclic) bond motifs is 1. The summed E-state index contributed by atoms with van der Waals surface area (Å²) in [5.74, 6) is 0.475. The van der Waals surface area contributed by atoms with Crippen LogP contribution in [0.5, 0.6) is 0 Å². The number of carbonyl (C=O) groups excluding carboxylic acids is 2. The molecule has 0 bridgehead atoms. The molecule has 2 fully saturated rings. The molecule has 3 aromatic heterocycles. The number of hydrogen-bond acceptors (Lipinski definition) is 8. The van der Waals surface area contributed by atoms with Gasteiger partial charge in [0.1, 0.15) is 5.70 Å². The van der Waals surface area contributed by atoms with Crippen LogP contribution in [-0.4, -0.2) is 42.5 Å². The van der Waals surface area contributed by atoms with Gasteiger partial charge in [-0.05, 0) is 44.9 Å². The van der Waals surface area contributed by atoms with Gasteiger partial charge in [-0.25, -0.2) is 4.79 Å². The van der Waals surface area contributed by atoms with Gasteiger partial charge in [0.15, 0.2) is 5.65 Å². The first-order valence-corrected chi connectivity index (χ1v) is 10.0. The predicted molar refractivity (Wildman–Crippen MR) is 113 cm³/mol. The highest BCUT2D eigenvalue weighted by molar-refractivity contribution is 6.14. The third-order valence-electron chi connectivity index (χ3n) is 5.02. The van der Waals surface area contributed by atoms with E-state index in [1.165, 1.54) is 0 Å². The molecule has 1 saturated carbocycles. The summed E-state index contributed by atoms with van der Waals surface area (Å²) < 4.78 is 1.60. The zero-order chi connectivity index (χ0) is 21.5. The Morgan fingerprint density at radius 3 is 2.74 bits per heavy atom. The lowest BCUT2D eigenvalue weighted by atomic mass is 10.2. The van der Waals surface area contributed by atoms with Crippen LogP contribution in [0.2, 0.25) is 0 Å². The van der Waals surface area contributed by atoms with Crippen molar-refractivity contribution in [3.05, 3.63) is 47.0 Å². The van der Waals surface area contributed by atoms with Gasteiger partial charge in [0.25, 0.3) is 5.91 Å². The standard InChI is InChI=1S/C20H21N9O2/c1-10-4-3-5-14(22-10)11(2)23-18-26-16-12(8-15-17(30)27-20(31)25-15)9-21-29(16)19(28-18)24-13-6-7-13/h3-5,8-9,11,13H,6-7H2,1-2H3,(H2,23,24,26,28)(H2,25,27,30,31)/b15-8-. The van der Waals surface area contributed by atoms with E-state index in [-0.39, 0.29) is 11.7 Å². The number of hydrogen-bond donors (Lipinski definition) is 4. The van der Waals surface area contributed by atoms with E-state index in [1.54, 1.807) is 16.8 Å². The Labute approximate surface area is 177 Å². The van der Waals surface area contributed by atoms with Gasteiger partial charge >= 0.3 is 6.03 Å². The lowest BCUT2D eigenvalue weighted by molar-refractivity contribution is -0.115. The average Bonchev–Trinajstić information content (AvgIpc) is 3.37. The van der Waals surface area contributed by atoms with Gasteiger partial charge in [-0.3, -0.25) is 15.1 Å². The van der Waals surface area contributed by atoms with Gasteiger partial charge in [-0.1, -0.05) is 6.07 Å². The van der Waals surface area contributed by atoms with Crippen LogP contribution in [0, 0.1) is 6.92 Å². The molecule has 0 spiro atoms. The van der Waals surface area contributed by atoms with Gasteiger partial charge < -0.3 is 16.0 Å². The fourth-order valence-electron chi connectivity index (χ4n) is 3.28. The summed E-state index contributed by atoms with van der Waals surface area (Å²) in [4.78, 5) is 37.1. The van der Waals surface area contributed by atoms with Gasteiger partial charge in [-0.2, -0.15) is 19.6 Å². The smallest absolute Gasteiger partial charge is 0.326 e. The number of rotatable bonds is 6. The molecule has 4 heterocycles. The molecule has 1 saturated heterocycles. The topological polar surface area (TPSA) is 138 Å². The van der Waals surface area contributed by atoms with Crippen LogP contribution in [0.3, 0.4) is 0 Å². The van der Waals surface area contributed by atoms with Gasteiger partial charge in [-0.15, -0.1) is 0 Å². The van der Waals surface area contributed by atoms with Gasteiger partial charge in [0.05, 0.1) is 17.9 Å². The Bertz CT molecular complexity index is 1230. The molecule has 1 atom stereocenters. The number of urea groups is 1. The number of imide groups is 1. The SMILES string of the molecule is Cc1cccc(C(C)Nc2nc(NC3CC3)n3ncc(/C=C4\NC(=O)NC4=O)c3n2)n1. The van der Waals surface area contributed by atoms with E-state index < -0.39 is 11.9 Å².